The standard InChI is InChI=1S/C15H11ClN2O3/c16-13-3-1-2-12(17-13)14(19)18-7-10-5-4-9(15(20)21)6-11(10)8-18/h1-6H,7-8H2,(H,20,21). The molecule has 1 aromatic heterocycles. The normalized spacial score (nSPS) is 13.1. The highest BCUT2D eigenvalue weighted by molar-refractivity contribution is 6.29. The number of carbonyl (C=O) groups is 2. The number of rotatable bonds is 2. The maximum atomic E-state index is 12.4. The number of nitrogens with zero attached hydrogens (tertiary/aromatic N) is 2. The van der Waals surface area contributed by atoms with Crippen molar-refractivity contribution >= 4 is 23.5 Å². The van der Waals surface area contributed by atoms with Crippen molar-refractivity contribution < 1.29 is 14.7 Å². The maximum Gasteiger partial charge on any atom is 0.335 e. The van der Waals surface area contributed by atoms with Crippen LogP contribution in [0.2, 0.25) is 5.15 Å². The van der Waals surface area contributed by atoms with E-state index in [0.29, 0.717) is 13.1 Å². The Balaban J connectivity index is 1.84. The summed E-state index contributed by atoms with van der Waals surface area (Å²) < 4.78 is 0. The van der Waals surface area contributed by atoms with Crippen molar-refractivity contribution in [3.63, 3.8) is 0 Å². The first-order valence-electron chi connectivity index (χ1n) is 6.31. The van der Waals surface area contributed by atoms with Crippen molar-refractivity contribution in [1.29, 1.82) is 0 Å². The van der Waals surface area contributed by atoms with Gasteiger partial charge in [-0.1, -0.05) is 23.7 Å². The van der Waals surface area contributed by atoms with Crippen LogP contribution in [0.1, 0.15) is 32.0 Å². The minimum atomic E-state index is -0.973. The molecule has 1 N–H and O–H groups in total. The number of carboxylic acids is 1. The molecule has 5 nitrogen and oxygen atoms in total. The SMILES string of the molecule is O=C(O)c1ccc2c(c1)CN(C(=O)c1cccc(Cl)n1)C2. The Bertz CT molecular complexity index is 745. The molecule has 2 aromatic rings. The van der Waals surface area contributed by atoms with Crippen LogP contribution in [0.25, 0.3) is 0 Å². The van der Waals surface area contributed by atoms with Crippen molar-refractivity contribution in [2.75, 3.05) is 0 Å². The Morgan fingerprint density at radius 1 is 1.14 bits per heavy atom. The molecule has 0 saturated heterocycles. The molecule has 0 spiro atoms. The molecule has 21 heavy (non-hydrogen) atoms. The summed E-state index contributed by atoms with van der Waals surface area (Å²) in [6.45, 7) is 0.825. The first kappa shape index (κ1) is 13.6. The Morgan fingerprint density at radius 3 is 2.62 bits per heavy atom. The van der Waals surface area contributed by atoms with E-state index >= 15 is 0 Å². The van der Waals surface area contributed by atoms with Gasteiger partial charge in [0.25, 0.3) is 5.91 Å². The average Bonchev–Trinajstić information content (AvgIpc) is 2.89. The fourth-order valence-electron chi connectivity index (χ4n) is 2.36. The number of halogens is 1. The van der Waals surface area contributed by atoms with Gasteiger partial charge < -0.3 is 10.0 Å². The van der Waals surface area contributed by atoms with Gasteiger partial charge in [0.2, 0.25) is 0 Å². The molecule has 0 fully saturated rings. The van der Waals surface area contributed by atoms with Crippen LogP contribution in [0, 0.1) is 0 Å². The van der Waals surface area contributed by atoms with Gasteiger partial charge in [0.15, 0.2) is 0 Å². The third kappa shape index (κ3) is 2.60. The lowest BCUT2D eigenvalue weighted by atomic mass is 10.1. The highest BCUT2D eigenvalue weighted by Crippen LogP contribution is 2.25. The van der Waals surface area contributed by atoms with E-state index in [2.05, 4.69) is 4.98 Å². The summed E-state index contributed by atoms with van der Waals surface area (Å²) in [5, 5.41) is 9.26. The average molecular weight is 303 g/mol. The summed E-state index contributed by atoms with van der Waals surface area (Å²) >= 11 is 5.79. The number of aromatic nitrogens is 1. The molecule has 0 atom stereocenters. The zero-order valence-electron chi connectivity index (χ0n) is 10.9. The van der Waals surface area contributed by atoms with Crippen molar-refractivity contribution in [2.24, 2.45) is 0 Å². The van der Waals surface area contributed by atoms with Gasteiger partial charge in [0.1, 0.15) is 10.8 Å². The Kier molecular flexibility index (Phi) is 3.35. The van der Waals surface area contributed by atoms with Crippen LogP contribution in [-0.4, -0.2) is 26.9 Å². The fourth-order valence-corrected chi connectivity index (χ4v) is 2.52. The highest BCUT2D eigenvalue weighted by Gasteiger charge is 2.25. The number of benzene rings is 1. The molecule has 1 aliphatic heterocycles. The van der Waals surface area contributed by atoms with Gasteiger partial charge >= 0.3 is 5.97 Å². The molecule has 1 aliphatic rings. The zero-order chi connectivity index (χ0) is 15.0. The summed E-state index contributed by atoms with van der Waals surface area (Å²) in [5.41, 5.74) is 2.32. The number of amides is 1. The lowest BCUT2D eigenvalue weighted by Crippen LogP contribution is -2.26. The first-order valence-corrected chi connectivity index (χ1v) is 6.69. The molecular weight excluding hydrogens is 292 g/mol. The van der Waals surface area contributed by atoms with Crippen molar-refractivity contribution in [1.82, 2.24) is 9.88 Å². The van der Waals surface area contributed by atoms with Gasteiger partial charge in [-0.15, -0.1) is 0 Å². The molecule has 106 valence electrons. The highest BCUT2D eigenvalue weighted by atomic mass is 35.5. The summed E-state index contributed by atoms with van der Waals surface area (Å²) in [4.78, 5) is 29.0. The maximum absolute atomic E-state index is 12.4. The number of hydrogen-bond donors (Lipinski definition) is 1. The van der Waals surface area contributed by atoms with Crippen LogP contribution in [-0.2, 0) is 13.1 Å². The second-order valence-corrected chi connectivity index (χ2v) is 5.18. The van der Waals surface area contributed by atoms with Gasteiger partial charge in [0.05, 0.1) is 5.56 Å². The van der Waals surface area contributed by atoms with E-state index in [-0.39, 0.29) is 22.3 Å². The van der Waals surface area contributed by atoms with Crippen LogP contribution in [0.15, 0.2) is 36.4 Å². The number of hydrogen-bond acceptors (Lipinski definition) is 3. The number of aromatic carboxylic acids is 1. The van der Waals surface area contributed by atoms with E-state index in [1.54, 1.807) is 41.3 Å². The summed E-state index contributed by atoms with van der Waals surface area (Å²) in [5.74, 6) is -1.19. The monoisotopic (exact) mass is 302 g/mol. The molecule has 6 heteroatoms. The molecule has 1 amide bonds. The van der Waals surface area contributed by atoms with E-state index < -0.39 is 5.97 Å². The van der Waals surface area contributed by atoms with E-state index in [9.17, 15) is 9.59 Å². The number of fused-ring (bicyclic) bond motifs is 1. The summed E-state index contributed by atoms with van der Waals surface area (Å²) in [6.07, 6.45) is 0. The zero-order valence-corrected chi connectivity index (χ0v) is 11.7. The lowest BCUT2D eigenvalue weighted by Gasteiger charge is -2.14. The molecular formula is C15H11ClN2O3. The van der Waals surface area contributed by atoms with E-state index in [1.165, 1.54) is 0 Å². The molecule has 0 unspecified atom stereocenters. The number of pyridine rings is 1. The van der Waals surface area contributed by atoms with E-state index in [0.717, 1.165) is 11.1 Å². The summed E-state index contributed by atoms with van der Waals surface area (Å²) in [6, 6.07) is 9.80. The molecule has 0 saturated carbocycles. The van der Waals surface area contributed by atoms with Gasteiger partial charge in [0, 0.05) is 13.1 Å². The third-order valence-corrected chi connectivity index (χ3v) is 3.61. The number of carboxylic acid groups (broad SMARTS) is 1. The van der Waals surface area contributed by atoms with Crippen LogP contribution < -0.4 is 0 Å². The first-order chi connectivity index (χ1) is 10.0. The second kappa shape index (κ2) is 5.18. The largest absolute Gasteiger partial charge is 0.478 e. The van der Waals surface area contributed by atoms with Crippen LogP contribution >= 0.6 is 11.6 Å². The Hall–Kier alpha value is -2.40. The van der Waals surface area contributed by atoms with Crippen molar-refractivity contribution in [3.8, 4) is 0 Å². The molecule has 0 aliphatic carbocycles. The smallest absolute Gasteiger partial charge is 0.335 e. The van der Waals surface area contributed by atoms with Gasteiger partial charge in [-0.25, -0.2) is 9.78 Å². The number of carbonyl (C=O) groups excluding carboxylic acids is 1. The molecule has 1 aromatic carbocycles. The second-order valence-electron chi connectivity index (χ2n) is 4.80. The van der Waals surface area contributed by atoms with Crippen molar-refractivity contribution in [3.05, 3.63) is 63.9 Å². The van der Waals surface area contributed by atoms with E-state index in [4.69, 9.17) is 16.7 Å². The van der Waals surface area contributed by atoms with Crippen LogP contribution in [0.3, 0.4) is 0 Å². The van der Waals surface area contributed by atoms with Crippen LogP contribution in [0.5, 0.6) is 0 Å². The minimum absolute atomic E-state index is 0.217. The molecule has 3 rings (SSSR count). The molecule has 2 heterocycles. The quantitative estimate of drug-likeness (QED) is 0.866. The lowest BCUT2D eigenvalue weighted by molar-refractivity contribution is 0.0696. The molecule has 0 radical (unpaired) electrons. The minimum Gasteiger partial charge on any atom is -0.478 e. The summed E-state index contributed by atoms with van der Waals surface area (Å²) in [7, 11) is 0. The Labute approximate surface area is 125 Å². The fraction of sp³-hybridized carbons (Fsp3) is 0.133. The topological polar surface area (TPSA) is 70.5 Å². The Morgan fingerprint density at radius 2 is 1.90 bits per heavy atom. The van der Waals surface area contributed by atoms with Gasteiger partial charge in [-0.3, -0.25) is 4.79 Å². The van der Waals surface area contributed by atoms with Gasteiger partial charge in [-0.05, 0) is 35.4 Å². The predicted octanol–water partition coefficient (Wildman–Crippen LogP) is 2.59. The van der Waals surface area contributed by atoms with Gasteiger partial charge in [-0.2, -0.15) is 0 Å². The predicted molar refractivity (Wildman–Crippen MR) is 76.2 cm³/mol. The third-order valence-electron chi connectivity index (χ3n) is 3.40. The van der Waals surface area contributed by atoms with Crippen LogP contribution in [0.4, 0.5) is 0 Å². The van der Waals surface area contributed by atoms with E-state index in [1.807, 2.05) is 0 Å². The van der Waals surface area contributed by atoms with Crippen molar-refractivity contribution in [2.45, 2.75) is 13.1 Å². The molecule has 0 bridgehead atoms.